The molecule has 1 aliphatic carbocycles. The molecular formula is C11H11BrClN3. The Labute approximate surface area is 108 Å². The third-order valence-electron chi connectivity index (χ3n) is 2.73. The summed E-state index contributed by atoms with van der Waals surface area (Å²) >= 11 is 9.17. The molecule has 1 aliphatic rings. The highest BCUT2D eigenvalue weighted by Crippen LogP contribution is 2.32. The van der Waals surface area contributed by atoms with Crippen molar-refractivity contribution < 1.29 is 0 Å². The minimum Gasteiger partial charge on any atom is -0.329 e. The van der Waals surface area contributed by atoms with Crippen LogP contribution in [0.25, 0.3) is 0 Å². The van der Waals surface area contributed by atoms with Crippen molar-refractivity contribution in [2.75, 3.05) is 6.54 Å². The van der Waals surface area contributed by atoms with E-state index in [1.54, 1.807) is 0 Å². The van der Waals surface area contributed by atoms with Crippen LogP contribution < -0.4 is 5.73 Å². The zero-order valence-electron chi connectivity index (χ0n) is 8.53. The molecule has 1 aromatic rings. The maximum absolute atomic E-state index is 5.90. The SMILES string of the molecule is NCC1(c2ccc(Br)nn2)C=CC(Cl)=CC1. The van der Waals surface area contributed by atoms with Gasteiger partial charge in [0.1, 0.15) is 4.60 Å². The molecule has 0 fully saturated rings. The van der Waals surface area contributed by atoms with E-state index in [1.807, 2.05) is 30.4 Å². The standard InChI is InChI=1S/C11H11BrClN3/c12-10-2-1-9(15-16-10)11(7-14)5-3-8(13)4-6-11/h1-5H,6-7,14H2. The summed E-state index contributed by atoms with van der Waals surface area (Å²) in [4.78, 5) is 0. The molecule has 0 amide bonds. The number of nitrogens with two attached hydrogens (primary N) is 1. The summed E-state index contributed by atoms with van der Waals surface area (Å²) in [5.74, 6) is 0. The molecule has 1 aromatic heterocycles. The normalized spacial score (nSPS) is 24.3. The molecule has 0 saturated carbocycles. The van der Waals surface area contributed by atoms with Crippen molar-refractivity contribution in [3.05, 3.63) is 45.7 Å². The molecule has 84 valence electrons. The lowest BCUT2D eigenvalue weighted by Crippen LogP contribution is -2.34. The smallest absolute Gasteiger partial charge is 0.128 e. The van der Waals surface area contributed by atoms with Gasteiger partial charge in [-0.3, -0.25) is 0 Å². The predicted octanol–water partition coefficient (Wildman–Crippen LogP) is 2.52. The first-order valence-electron chi connectivity index (χ1n) is 4.91. The molecule has 3 nitrogen and oxygen atoms in total. The second kappa shape index (κ2) is 4.65. The minimum absolute atomic E-state index is 0.272. The van der Waals surface area contributed by atoms with Gasteiger partial charge in [-0.2, -0.15) is 5.10 Å². The highest BCUT2D eigenvalue weighted by Gasteiger charge is 2.30. The zero-order chi connectivity index (χ0) is 11.6. The van der Waals surface area contributed by atoms with Crippen LogP contribution in [0.15, 0.2) is 40.0 Å². The molecule has 5 heteroatoms. The zero-order valence-corrected chi connectivity index (χ0v) is 10.9. The van der Waals surface area contributed by atoms with E-state index in [-0.39, 0.29) is 5.41 Å². The monoisotopic (exact) mass is 299 g/mol. The number of halogens is 2. The van der Waals surface area contributed by atoms with Crippen LogP contribution >= 0.6 is 27.5 Å². The lowest BCUT2D eigenvalue weighted by molar-refractivity contribution is 0.524. The molecule has 0 saturated heterocycles. The van der Waals surface area contributed by atoms with E-state index in [4.69, 9.17) is 17.3 Å². The summed E-state index contributed by atoms with van der Waals surface area (Å²) in [7, 11) is 0. The van der Waals surface area contributed by atoms with Crippen LogP contribution in [0, 0.1) is 0 Å². The summed E-state index contributed by atoms with van der Waals surface area (Å²) < 4.78 is 0.719. The number of hydrogen-bond donors (Lipinski definition) is 1. The number of nitrogens with zero attached hydrogens (tertiary/aromatic N) is 2. The topological polar surface area (TPSA) is 51.8 Å². The van der Waals surface area contributed by atoms with Gasteiger partial charge in [-0.1, -0.05) is 23.8 Å². The molecule has 2 N–H and O–H groups in total. The summed E-state index contributed by atoms with van der Waals surface area (Å²) in [5.41, 5.74) is 6.45. The fourth-order valence-electron chi connectivity index (χ4n) is 1.68. The van der Waals surface area contributed by atoms with Gasteiger partial charge in [-0.25, -0.2) is 0 Å². The Hall–Kier alpha value is -0.710. The van der Waals surface area contributed by atoms with Crippen LogP contribution in [0.5, 0.6) is 0 Å². The fraction of sp³-hybridized carbons (Fsp3) is 0.273. The van der Waals surface area contributed by atoms with Crippen molar-refractivity contribution in [3.63, 3.8) is 0 Å². The first-order valence-corrected chi connectivity index (χ1v) is 6.08. The molecule has 1 unspecified atom stereocenters. The molecule has 0 radical (unpaired) electrons. The molecule has 2 rings (SSSR count). The van der Waals surface area contributed by atoms with E-state index >= 15 is 0 Å². The highest BCUT2D eigenvalue weighted by molar-refractivity contribution is 9.10. The first kappa shape index (κ1) is 11.8. The molecule has 1 atom stereocenters. The molecule has 0 bridgehead atoms. The van der Waals surface area contributed by atoms with Gasteiger partial charge in [0.05, 0.1) is 5.69 Å². The Bertz CT molecular complexity index is 441. The van der Waals surface area contributed by atoms with E-state index in [0.717, 1.165) is 21.8 Å². The second-order valence-corrected chi connectivity index (χ2v) is 4.98. The first-order chi connectivity index (χ1) is 7.66. The van der Waals surface area contributed by atoms with Crippen molar-refractivity contribution in [3.8, 4) is 0 Å². The van der Waals surface area contributed by atoms with Gasteiger partial charge in [-0.15, -0.1) is 5.10 Å². The summed E-state index contributed by atoms with van der Waals surface area (Å²) in [5, 5.41) is 8.90. The largest absolute Gasteiger partial charge is 0.329 e. The van der Waals surface area contributed by atoms with E-state index in [1.165, 1.54) is 0 Å². The van der Waals surface area contributed by atoms with Gasteiger partial charge in [0.2, 0.25) is 0 Å². The van der Waals surface area contributed by atoms with Crippen LogP contribution in [0.1, 0.15) is 12.1 Å². The third kappa shape index (κ3) is 2.19. The predicted molar refractivity (Wildman–Crippen MR) is 68.2 cm³/mol. The quantitative estimate of drug-likeness (QED) is 0.913. The van der Waals surface area contributed by atoms with Gasteiger partial charge in [0, 0.05) is 17.0 Å². The van der Waals surface area contributed by atoms with Gasteiger partial charge < -0.3 is 5.73 Å². The van der Waals surface area contributed by atoms with Gasteiger partial charge in [-0.05, 0) is 40.6 Å². The van der Waals surface area contributed by atoms with E-state index in [9.17, 15) is 0 Å². The van der Waals surface area contributed by atoms with Crippen molar-refractivity contribution in [1.82, 2.24) is 10.2 Å². The van der Waals surface area contributed by atoms with Gasteiger partial charge in [0.15, 0.2) is 0 Å². The Kier molecular flexibility index (Phi) is 3.42. The van der Waals surface area contributed by atoms with Crippen molar-refractivity contribution in [1.29, 1.82) is 0 Å². The van der Waals surface area contributed by atoms with E-state index < -0.39 is 0 Å². The number of rotatable bonds is 2. The van der Waals surface area contributed by atoms with Crippen LogP contribution in [-0.4, -0.2) is 16.7 Å². The maximum Gasteiger partial charge on any atom is 0.128 e. The Balaban J connectivity index is 2.36. The summed E-state index contributed by atoms with van der Waals surface area (Å²) in [6.45, 7) is 0.487. The Morgan fingerprint density at radius 1 is 1.44 bits per heavy atom. The lowest BCUT2D eigenvalue weighted by Gasteiger charge is -2.29. The molecule has 0 aromatic carbocycles. The van der Waals surface area contributed by atoms with E-state index in [2.05, 4.69) is 26.1 Å². The van der Waals surface area contributed by atoms with Crippen molar-refractivity contribution in [2.45, 2.75) is 11.8 Å². The maximum atomic E-state index is 5.90. The minimum atomic E-state index is -0.272. The molecular weight excluding hydrogens is 289 g/mol. The number of hydrogen-bond acceptors (Lipinski definition) is 3. The van der Waals surface area contributed by atoms with Crippen molar-refractivity contribution >= 4 is 27.5 Å². The Morgan fingerprint density at radius 2 is 2.25 bits per heavy atom. The van der Waals surface area contributed by atoms with Crippen LogP contribution in [0.4, 0.5) is 0 Å². The van der Waals surface area contributed by atoms with Crippen LogP contribution in [-0.2, 0) is 5.41 Å². The average molecular weight is 301 g/mol. The van der Waals surface area contributed by atoms with Gasteiger partial charge in [0.25, 0.3) is 0 Å². The fourth-order valence-corrected chi connectivity index (χ4v) is 2.03. The summed E-state index contributed by atoms with van der Waals surface area (Å²) in [6.07, 6.45) is 6.59. The molecule has 16 heavy (non-hydrogen) atoms. The average Bonchev–Trinajstić information content (AvgIpc) is 2.32. The molecule has 0 aliphatic heterocycles. The van der Waals surface area contributed by atoms with Crippen LogP contribution in [0.3, 0.4) is 0 Å². The lowest BCUT2D eigenvalue weighted by atomic mass is 9.78. The Morgan fingerprint density at radius 3 is 2.75 bits per heavy atom. The molecule has 0 spiro atoms. The van der Waals surface area contributed by atoms with Gasteiger partial charge >= 0.3 is 0 Å². The number of allylic oxidation sites excluding steroid dienone is 3. The highest BCUT2D eigenvalue weighted by atomic mass is 79.9. The summed E-state index contributed by atoms with van der Waals surface area (Å²) in [6, 6.07) is 3.80. The van der Waals surface area contributed by atoms with Crippen LogP contribution in [0.2, 0.25) is 0 Å². The van der Waals surface area contributed by atoms with Crippen molar-refractivity contribution in [2.24, 2.45) is 5.73 Å². The van der Waals surface area contributed by atoms with E-state index in [0.29, 0.717) is 6.54 Å². The third-order valence-corrected chi connectivity index (χ3v) is 3.43. The molecule has 1 heterocycles. The second-order valence-electron chi connectivity index (χ2n) is 3.73. The number of aromatic nitrogens is 2.